The van der Waals surface area contributed by atoms with Gasteiger partial charge in [-0.25, -0.2) is 8.42 Å². The van der Waals surface area contributed by atoms with Crippen molar-refractivity contribution in [3.63, 3.8) is 0 Å². The second-order valence-corrected chi connectivity index (χ2v) is 8.52. The zero-order valence-corrected chi connectivity index (χ0v) is 20.7. The molecule has 8 heteroatoms. The van der Waals surface area contributed by atoms with Crippen molar-refractivity contribution in [2.75, 3.05) is 0 Å². The second-order valence-electron chi connectivity index (χ2n) is 6.92. The van der Waals surface area contributed by atoms with Gasteiger partial charge in [0.1, 0.15) is 10.0 Å². The van der Waals surface area contributed by atoms with Gasteiger partial charge < -0.3 is 4.72 Å². The van der Waals surface area contributed by atoms with E-state index < -0.39 is 10.0 Å². The number of nitrogens with zero attached hydrogens (tertiary/aromatic N) is 3. The van der Waals surface area contributed by atoms with Gasteiger partial charge >= 0.3 is 27.7 Å². The van der Waals surface area contributed by atoms with Crippen LogP contribution in [0, 0.1) is 6.92 Å². The molecule has 3 aromatic carbocycles. The van der Waals surface area contributed by atoms with Crippen LogP contribution in [-0.4, -0.2) is 18.4 Å². The Morgan fingerprint density at radius 3 is 2.06 bits per heavy atom. The van der Waals surface area contributed by atoms with Gasteiger partial charge in [0.15, 0.2) is 0 Å². The van der Waals surface area contributed by atoms with Crippen LogP contribution in [0.25, 0.3) is 26.4 Å². The maximum Gasteiger partial charge on any atom is 0.0267 e. The first kappa shape index (κ1) is 24.8. The first-order valence-corrected chi connectivity index (χ1v) is 13.3. The third-order valence-electron chi connectivity index (χ3n) is 4.70. The maximum atomic E-state index is 12.7. The van der Waals surface area contributed by atoms with Crippen LogP contribution in [0.2, 0.25) is 0 Å². The SMILES string of the molecule is Cc1ccc(S(=O)(=O)[N-]c2cccc3ccc4cccnc4c23)cc1.[Cl][Pd+].c1ccncc1. The average Bonchev–Trinajstić information content (AvgIpc) is 2.87. The Morgan fingerprint density at radius 2 is 1.42 bits per heavy atom. The van der Waals surface area contributed by atoms with Crippen molar-refractivity contribution in [2.24, 2.45) is 0 Å². The Kier molecular flexibility index (Phi) is 8.93. The van der Waals surface area contributed by atoms with Gasteiger partial charge in [0.2, 0.25) is 0 Å². The van der Waals surface area contributed by atoms with Crippen LogP contribution in [0.5, 0.6) is 0 Å². The molecule has 170 valence electrons. The summed E-state index contributed by atoms with van der Waals surface area (Å²) in [4.78, 5) is 8.40. The summed E-state index contributed by atoms with van der Waals surface area (Å²) in [6.45, 7) is 1.91. The molecule has 0 saturated carbocycles. The van der Waals surface area contributed by atoms with E-state index in [1.165, 1.54) is 0 Å². The Morgan fingerprint density at radius 1 is 0.758 bits per heavy atom. The molecule has 0 unspecified atom stereocenters. The number of pyridine rings is 2. The topological polar surface area (TPSA) is 74.0 Å². The van der Waals surface area contributed by atoms with Crippen LogP contribution in [0.15, 0.2) is 108 Å². The molecule has 2 aromatic heterocycles. The van der Waals surface area contributed by atoms with Crippen LogP contribution in [0.1, 0.15) is 5.56 Å². The molecule has 2 heterocycles. The molecule has 0 atom stereocenters. The van der Waals surface area contributed by atoms with Gasteiger partial charge in [-0.05, 0) is 48.0 Å². The molecular formula is C25H20ClN3O2PdS. The number of rotatable bonds is 3. The minimum absolute atomic E-state index is 0.184. The average molecular weight is 568 g/mol. The van der Waals surface area contributed by atoms with E-state index in [9.17, 15) is 8.42 Å². The summed E-state index contributed by atoms with van der Waals surface area (Å²) in [5.74, 6) is 0. The van der Waals surface area contributed by atoms with Crippen molar-refractivity contribution in [2.45, 2.75) is 11.8 Å². The van der Waals surface area contributed by atoms with Gasteiger partial charge in [0, 0.05) is 24.0 Å². The molecule has 0 amide bonds. The minimum atomic E-state index is -3.79. The molecule has 33 heavy (non-hydrogen) atoms. The summed E-state index contributed by atoms with van der Waals surface area (Å²) in [7, 11) is 0.696. The minimum Gasteiger partial charge on any atom is -0.265 e. The van der Waals surface area contributed by atoms with E-state index >= 15 is 0 Å². The number of halogens is 1. The molecule has 0 radical (unpaired) electrons. The summed E-state index contributed by atoms with van der Waals surface area (Å²) in [6.07, 6.45) is 5.20. The fraction of sp³-hybridized carbons (Fsp3) is 0.0400. The fourth-order valence-electron chi connectivity index (χ4n) is 3.18. The van der Waals surface area contributed by atoms with Crippen molar-refractivity contribution < 1.29 is 26.6 Å². The van der Waals surface area contributed by atoms with E-state index in [2.05, 4.69) is 42.4 Å². The predicted octanol–water partition coefficient (Wildman–Crippen LogP) is 6.86. The normalized spacial score (nSPS) is 10.5. The van der Waals surface area contributed by atoms with Gasteiger partial charge in [0.05, 0.1) is 10.4 Å². The van der Waals surface area contributed by atoms with Crippen LogP contribution in [0.3, 0.4) is 0 Å². The van der Waals surface area contributed by atoms with Gasteiger partial charge in [-0.2, -0.15) is 0 Å². The van der Waals surface area contributed by atoms with Crippen LogP contribution in [-0.2, 0) is 28.2 Å². The molecule has 0 aliphatic heterocycles. The number of aryl methyl sites for hydroxylation is 1. The third kappa shape index (κ3) is 6.37. The first-order chi connectivity index (χ1) is 16.0. The standard InChI is InChI=1S/C20H15N2O2S.C5H5N.ClH.Pd/c1-14-7-11-17(12-8-14)25(23,24)22-18-6-2-4-15-9-10-16-5-3-13-21-20(16)19(15)18;1-2-4-6-5-3-1;;/h2-13H,1H3;1-5H;1H;/q-1;;;+2/p-1. The molecule has 0 N–H and O–H groups in total. The van der Waals surface area contributed by atoms with E-state index in [0.717, 1.165) is 27.2 Å². The summed E-state index contributed by atoms with van der Waals surface area (Å²) in [5, 5.41) is 2.60. The Hall–Kier alpha value is -2.82. The van der Waals surface area contributed by atoms with Crippen molar-refractivity contribution >= 4 is 46.9 Å². The number of hydrogen-bond donors (Lipinski definition) is 0. The Bertz CT molecular complexity index is 1400. The zero-order chi connectivity index (χ0) is 23.7. The monoisotopic (exact) mass is 567 g/mol. The predicted molar refractivity (Wildman–Crippen MR) is 131 cm³/mol. The van der Waals surface area contributed by atoms with Gasteiger partial charge in [-0.1, -0.05) is 60.2 Å². The van der Waals surface area contributed by atoms with Crippen molar-refractivity contribution in [1.29, 1.82) is 0 Å². The fourth-order valence-corrected chi connectivity index (χ4v) is 4.17. The van der Waals surface area contributed by atoms with E-state index in [1.807, 2.05) is 55.5 Å². The Balaban J connectivity index is 0.000000329. The number of sulfonamides is 1. The van der Waals surface area contributed by atoms with E-state index in [-0.39, 0.29) is 4.90 Å². The zero-order valence-electron chi connectivity index (χ0n) is 17.6. The van der Waals surface area contributed by atoms with E-state index in [1.54, 1.807) is 55.0 Å². The molecule has 0 saturated heterocycles. The van der Waals surface area contributed by atoms with Crippen molar-refractivity contribution in [1.82, 2.24) is 9.97 Å². The van der Waals surface area contributed by atoms with Gasteiger partial charge in [-0.3, -0.25) is 9.97 Å². The molecule has 5 rings (SSSR count). The van der Waals surface area contributed by atoms with Crippen LogP contribution < -0.4 is 0 Å². The molecule has 0 fully saturated rings. The van der Waals surface area contributed by atoms with Crippen molar-refractivity contribution in [3.8, 4) is 0 Å². The smallest absolute Gasteiger partial charge is 0.0267 e. The summed E-state index contributed by atoms with van der Waals surface area (Å²) >= 11 is 2.22. The quantitative estimate of drug-likeness (QED) is 0.176. The van der Waals surface area contributed by atoms with Crippen LogP contribution >= 0.6 is 9.53 Å². The van der Waals surface area contributed by atoms with Crippen LogP contribution in [0.4, 0.5) is 5.69 Å². The van der Waals surface area contributed by atoms with E-state index in [0.29, 0.717) is 5.69 Å². The summed E-state index contributed by atoms with van der Waals surface area (Å²) in [6, 6.07) is 25.6. The number of hydrogen-bond acceptors (Lipinski definition) is 4. The van der Waals surface area contributed by atoms with Gasteiger partial charge in [0.25, 0.3) is 0 Å². The van der Waals surface area contributed by atoms with Gasteiger partial charge in [-0.15, -0.1) is 5.69 Å². The van der Waals surface area contributed by atoms with E-state index in [4.69, 9.17) is 0 Å². The number of fused-ring (bicyclic) bond motifs is 3. The maximum absolute atomic E-state index is 12.7. The second kappa shape index (κ2) is 11.9. The third-order valence-corrected chi connectivity index (χ3v) is 6.00. The molecule has 5 nitrogen and oxygen atoms in total. The molecular weight excluding hydrogens is 548 g/mol. The molecule has 5 aromatic rings. The first-order valence-electron chi connectivity index (χ1n) is 9.83. The summed E-state index contributed by atoms with van der Waals surface area (Å²) in [5.41, 5.74) is 2.15. The van der Waals surface area contributed by atoms with Crippen molar-refractivity contribution in [3.05, 3.63) is 114 Å². The number of benzene rings is 3. The molecule has 0 spiro atoms. The molecule has 0 aliphatic rings. The molecule has 0 aliphatic carbocycles. The Labute approximate surface area is 208 Å². The summed E-state index contributed by atoms with van der Waals surface area (Å²) < 4.78 is 29.5. The number of aromatic nitrogens is 2. The largest absolute Gasteiger partial charge is 0.265 e. The molecule has 0 bridgehead atoms.